The van der Waals surface area contributed by atoms with Gasteiger partial charge < -0.3 is 18.8 Å². The number of nitrogens with zero attached hydrogens (tertiary/aromatic N) is 4. The molecular weight excluding hydrogens is 452 g/mol. The fraction of sp³-hybridized carbons (Fsp3) is 0.320. The van der Waals surface area contributed by atoms with Crippen LogP contribution < -0.4 is 11.0 Å². The minimum atomic E-state index is -0.696. The lowest BCUT2D eigenvalue weighted by Crippen LogP contribution is -2.33. The predicted molar refractivity (Wildman–Crippen MR) is 130 cm³/mol. The van der Waals surface area contributed by atoms with E-state index in [2.05, 4.69) is 4.99 Å². The van der Waals surface area contributed by atoms with Crippen LogP contribution in [0.4, 0.5) is 0 Å². The molecule has 0 aliphatic heterocycles. The molecule has 3 aromatic rings. The van der Waals surface area contributed by atoms with Gasteiger partial charge in [-0.25, -0.2) is 9.78 Å². The highest BCUT2D eigenvalue weighted by atomic mass is 16.5. The molecule has 0 saturated carbocycles. The minimum Gasteiger partial charge on any atom is -0.504 e. The molecule has 184 valence electrons. The molecule has 0 atom stereocenters. The van der Waals surface area contributed by atoms with Gasteiger partial charge in [0.05, 0.1) is 25.4 Å². The summed E-state index contributed by atoms with van der Waals surface area (Å²) in [4.78, 5) is 47.9. The van der Waals surface area contributed by atoms with Crippen LogP contribution in [0.1, 0.15) is 29.3 Å². The summed E-state index contributed by atoms with van der Waals surface area (Å²) in [6.07, 6.45) is 7.79. The predicted octanol–water partition coefficient (Wildman–Crippen LogP) is 2.31. The van der Waals surface area contributed by atoms with Crippen LogP contribution in [0.5, 0.6) is 0 Å². The third-order valence-corrected chi connectivity index (χ3v) is 5.11. The Kier molecular flexibility index (Phi) is 8.69. The van der Waals surface area contributed by atoms with Crippen molar-refractivity contribution in [1.82, 2.24) is 14.0 Å². The molecule has 0 unspecified atom stereocenters. The van der Waals surface area contributed by atoms with Gasteiger partial charge in [0.15, 0.2) is 5.49 Å². The number of carbonyl (C=O) groups excluding carboxylic acids is 2. The maximum Gasteiger partial charge on any atom is 0.341 e. The number of rotatable bonds is 9. The molecule has 3 rings (SSSR count). The second kappa shape index (κ2) is 11.9. The van der Waals surface area contributed by atoms with E-state index in [1.165, 1.54) is 42.1 Å². The van der Waals surface area contributed by atoms with Crippen LogP contribution in [0.25, 0.3) is 16.7 Å². The van der Waals surface area contributed by atoms with Crippen molar-refractivity contribution >= 4 is 28.6 Å². The highest BCUT2D eigenvalue weighted by Gasteiger charge is 2.20. The van der Waals surface area contributed by atoms with E-state index in [1.807, 2.05) is 13.0 Å². The first-order valence-electron chi connectivity index (χ1n) is 11.1. The third-order valence-electron chi connectivity index (χ3n) is 5.11. The molecule has 0 aromatic carbocycles. The van der Waals surface area contributed by atoms with Crippen molar-refractivity contribution in [2.45, 2.75) is 26.8 Å². The smallest absolute Gasteiger partial charge is 0.341 e. The average molecular weight is 481 g/mol. The van der Waals surface area contributed by atoms with Crippen LogP contribution in [-0.4, -0.2) is 53.3 Å². The number of aromatic nitrogens is 3. The zero-order chi connectivity index (χ0) is 25.4. The standard InChI is InChI=1S/C25H28N4O6/c1-5-35-25(32)19-16-18-22(27-21-17(2)10-8-12-29(21)24(18)31)28(13-9-15-34-4)23(19)26-20(30)11-6-7-14-33-3/h6-8,10-12,14,16H,5,9,13,15H2,1-4H3/b11-6+,14-7+,26-23?. The van der Waals surface area contributed by atoms with Gasteiger partial charge in [0.2, 0.25) is 0 Å². The normalized spacial score (nSPS) is 12.3. The summed E-state index contributed by atoms with van der Waals surface area (Å²) < 4.78 is 18.2. The van der Waals surface area contributed by atoms with Crippen molar-refractivity contribution in [2.24, 2.45) is 4.99 Å². The van der Waals surface area contributed by atoms with E-state index < -0.39 is 11.9 Å². The van der Waals surface area contributed by atoms with E-state index in [4.69, 9.17) is 19.2 Å². The molecule has 10 nitrogen and oxygen atoms in total. The molecule has 0 aliphatic carbocycles. The lowest BCUT2D eigenvalue weighted by Gasteiger charge is -2.15. The zero-order valence-corrected chi connectivity index (χ0v) is 20.2. The number of methoxy groups -OCH3 is 2. The van der Waals surface area contributed by atoms with E-state index in [1.54, 1.807) is 30.9 Å². The first-order valence-corrected chi connectivity index (χ1v) is 11.1. The van der Waals surface area contributed by atoms with Gasteiger partial charge in [0.25, 0.3) is 11.5 Å². The molecule has 0 N–H and O–H groups in total. The summed E-state index contributed by atoms with van der Waals surface area (Å²) in [7, 11) is 3.06. The van der Waals surface area contributed by atoms with Crippen LogP contribution in [-0.2, 0) is 25.5 Å². The molecule has 0 saturated heterocycles. The van der Waals surface area contributed by atoms with Crippen molar-refractivity contribution in [1.29, 1.82) is 0 Å². The van der Waals surface area contributed by atoms with Gasteiger partial charge in [-0.05, 0) is 44.0 Å². The van der Waals surface area contributed by atoms with Crippen molar-refractivity contribution < 1.29 is 23.8 Å². The Bertz CT molecular complexity index is 1430. The Morgan fingerprint density at radius 2 is 2.00 bits per heavy atom. The number of esters is 1. The van der Waals surface area contributed by atoms with Gasteiger partial charge in [0.1, 0.15) is 16.9 Å². The Hall–Kier alpha value is -4.05. The van der Waals surface area contributed by atoms with Crippen LogP contribution in [0.3, 0.4) is 0 Å². The molecule has 0 spiro atoms. The number of amides is 1. The maximum absolute atomic E-state index is 13.4. The third kappa shape index (κ3) is 5.72. The zero-order valence-electron chi connectivity index (χ0n) is 20.2. The topological polar surface area (TPSA) is 113 Å². The fourth-order valence-corrected chi connectivity index (χ4v) is 3.55. The SMILES string of the molecule is CCOC(=O)c1cc2c(=O)n3cccc(C)c3nc2n(CCCOC)c1=NC(=O)/C=C/C=C/OC. The van der Waals surface area contributed by atoms with Crippen molar-refractivity contribution in [3.63, 3.8) is 0 Å². The summed E-state index contributed by atoms with van der Waals surface area (Å²) in [5.41, 5.74) is 1.29. The van der Waals surface area contributed by atoms with Crippen LogP contribution in [0, 0.1) is 6.92 Å². The van der Waals surface area contributed by atoms with Gasteiger partial charge >= 0.3 is 5.97 Å². The van der Waals surface area contributed by atoms with E-state index in [0.29, 0.717) is 30.9 Å². The average Bonchev–Trinajstić information content (AvgIpc) is 2.84. The first kappa shape index (κ1) is 25.6. The molecule has 0 bridgehead atoms. The van der Waals surface area contributed by atoms with Crippen LogP contribution in [0.15, 0.2) is 58.7 Å². The second-order valence-corrected chi connectivity index (χ2v) is 7.51. The van der Waals surface area contributed by atoms with E-state index >= 15 is 0 Å². The van der Waals surface area contributed by atoms with E-state index in [0.717, 1.165) is 5.56 Å². The maximum atomic E-state index is 13.4. The minimum absolute atomic E-state index is 0.00236. The Labute approximate surface area is 201 Å². The molecule has 3 aromatic heterocycles. The number of aryl methyl sites for hydroxylation is 2. The van der Waals surface area contributed by atoms with Crippen molar-refractivity contribution in [3.8, 4) is 0 Å². The first-order chi connectivity index (χ1) is 16.9. The summed E-state index contributed by atoms with van der Waals surface area (Å²) in [6.45, 7) is 4.35. The van der Waals surface area contributed by atoms with E-state index in [-0.39, 0.29) is 28.6 Å². The summed E-state index contributed by atoms with van der Waals surface area (Å²) >= 11 is 0. The van der Waals surface area contributed by atoms with Gasteiger partial charge in [0, 0.05) is 32.5 Å². The monoisotopic (exact) mass is 480 g/mol. The van der Waals surface area contributed by atoms with Gasteiger partial charge in [-0.3, -0.25) is 14.0 Å². The lowest BCUT2D eigenvalue weighted by molar-refractivity contribution is -0.113. The highest BCUT2D eigenvalue weighted by molar-refractivity contribution is 5.94. The highest BCUT2D eigenvalue weighted by Crippen LogP contribution is 2.14. The van der Waals surface area contributed by atoms with E-state index in [9.17, 15) is 14.4 Å². The van der Waals surface area contributed by atoms with Crippen molar-refractivity contribution in [3.05, 3.63) is 75.9 Å². The number of ether oxygens (including phenoxy) is 3. The number of hydrogen-bond acceptors (Lipinski definition) is 7. The molecule has 0 aliphatic rings. The Morgan fingerprint density at radius 1 is 1.20 bits per heavy atom. The fourth-order valence-electron chi connectivity index (χ4n) is 3.55. The molecule has 1 amide bonds. The number of fused-ring (bicyclic) bond motifs is 2. The number of carbonyl (C=O) groups is 2. The van der Waals surface area contributed by atoms with Crippen molar-refractivity contribution in [2.75, 3.05) is 27.4 Å². The van der Waals surface area contributed by atoms with Gasteiger partial charge in [-0.15, -0.1) is 0 Å². The summed E-state index contributed by atoms with van der Waals surface area (Å²) in [5.74, 6) is -1.30. The molecule has 3 heterocycles. The molecule has 0 radical (unpaired) electrons. The summed E-state index contributed by atoms with van der Waals surface area (Å²) in [5, 5.41) is 0.207. The number of allylic oxidation sites excluding steroid dienone is 2. The second-order valence-electron chi connectivity index (χ2n) is 7.51. The summed E-state index contributed by atoms with van der Waals surface area (Å²) in [6, 6.07) is 5.00. The Morgan fingerprint density at radius 3 is 2.71 bits per heavy atom. The van der Waals surface area contributed by atoms with Crippen LogP contribution in [0.2, 0.25) is 0 Å². The van der Waals surface area contributed by atoms with Gasteiger partial charge in [-0.2, -0.15) is 4.99 Å². The Balaban J connectivity index is 2.41. The number of pyridine rings is 2. The van der Waals surface area contributed by atoms with Gasteiger partial charge in [-0.1, -0.05) is 12.1 Å². The molecule has 0 fully saturated rings. The largest absolute Gasteiger partial charge is 0.504 e. The quantitative estimate of drug-likeness (QED) is 0.115. The molecule has 35 heavy (non-hydrogen) atoms. The number of hydrogen-bond donors (Lipinski definition) is 0. The molecular formula is C25H28N4O6. The molecule has 10 heteroatoms. The lowest BCUT2D eigenvalue weighted by atomic mass is 10.2. The van der Waals surface area contributed by atoms with Crippen LogP contribution >= 0.6 is 0 Å².